The molecule has 0 aliphatic rings. The molecule has 0 N–H and O–H groups in total. The Balaban J connectivity index is 2.95. The molecular weight excluding hydrogens is 192 g/mol. The molecule has 0 fully saturated rings. The van der Waals surface area contributed by atoms with Gasteiger partial charge in [-0.15, -0.1) is 0 Å². The Morgan fingerprint density at radius 3 is 2.67 bits per heavy atom. The number of benzene rings is 1. The summed E-state index contributed by atoms with van der Waals surface area (Å²) in [6.45, 7) is 5.81. The Morgan fingerprint density at radius 1 is 1.40 bits per heavy atom. The van der Waals surface area contributed by atoms with Gasteiger partial charge in [-0.2, -0.15) is 0 Å². The Morgan fingerprint density at radius 2 is 2.07 bits per heavy atom. The average molecular weight is 206 g/mol. The fraction of sp³-hybridized carbons (Fsp3) is 0.250. The largest absolute Gasteiger partial charge is 0.496 e. The fourth-order valence-electron chi connectivity index (χ4n) is 1.22. The van der Waals surface area contributed by atoms with Crippen LogP contribution in [0, 0.1) is 0 Å². The van der Waals surface area contributed by atoms with Crippen LogP contribution in [0.5, 0.6) is 5.75 Å². The van der Waals surface area contributed by atoms with Gasteiger partial charge in [0.25, 0.3) is 0 Å². The summed E-state index contributed by atoms with van der Waals surface area (Å²) in [7, 11) is 1.52. The van der Waals surface area contributed by atoms with Crippen molar-refractivity contribution >= 4 is 5.78 Å². The number of rotatable bonds is 5. The molecule has 0 saturated carbocycles. The number of hydrogen-bond donors (Lipinski definition) is 0. The Hall–Kier alpha value is -1.77. The van der Waals surface area contributed by atoms with Gasteiger partial charge >= 0.3 is 0 Å². The van der Waals surface area contributed by atoms with Gasteiger partial charge in [-0.05, 0) is 19.1 Å². The first kappa shape index (κ1) is 11.3. The molecular formula is C12H14O3. The highest BCUT2D eigenvalue weighted by molar-refractivity contribution is 6.08. The molecule has 15 heavy (non-hydrogen) atoms. The maximum Gasteiger partial charge on any atom is 0.230 e. The van der Waals surface area contributed by atoms with Crippen LogP contribution in [0.3, 0.4) is 0 Å². The van der Waals surface area contributed by atoms with Gasteiger partial charge in [0, 0.05) is 0 Å². The zero-order valence-corrected chi connectivity index (χ0v) is 8.95. The third-order valence-electron chi connectivity index (χ3n) is 1.92. The molecule has 0 aliphatic heterocycles. The van der Waals surface area contributed by atoms with Crippen molar-refractivity contribution in [2.75, 3.05) is 13.7 Å². The lowest BCUT2D eigenvalue weighted by Crippen LogP contribution is -2.07. The van der Waals surface area contributed by atoms with E-state index in [1.54, 1.807) is 31.2 Å². The topological polar surface area (TPSA) is 35.5 Å². The molecule has 3 heteroatoms. The molecule has 0 heterocycles. The quantitative estimate of drug-likeness (QED) is 0.421. The second-order valence-corrected chi connectivity index (χ2v) is 2.89. The van der Waals surface area contributed by atoms with Crippen LogP contribution in [0.2, 0.25) is 0 Å². The first-order chi connectivity index (χ1) is 7.20. The number of hydrogen-bond acceptors (Lipinski definition) is 3. The van der Waals surface area contributed by atoms with Crippen LogP contribution < -0.4 is 4.74 Å². The maximum absolute atomic E-state index is 11.8. The number of carbonyl (C=O) groups is 1. The number of ether oxygens (including phenoxy) is 2. The second-order valence-electron chi connectivity index (χ2n) is 2.89. The van der Waals surface area contributed by atoms with E-state index in [1.165, 1.54) is 7.11 Å². The molecule has 0 unspecified atom stereocenters. The number of Topliss-reactive ketones (excluding diaryl/α,β-unsaturated/α-hetero) is 1. The average Bonchev–Trinajstić information content (AvgIpc) is 2.28. The number of ketones is 1. The fourth-order valence-corrected chi connectivity index (χ4v) is 1.22. The molecule has 3 nitrogen and oxygen atoms in total. The molecule has 0 radical (unpaired) electrons. The standard InChI is InChI=1S/C12H14O3/c1-4-15-9(2)12(13)10-7-5-6-8-11(10)14-3/h5-8H,2,4H2,1,3H3. The van der Waals surface area contributed by atoms with Crippen LogP contribution in [-0.4, -0.2) is 19.5 Å². The number of carbonyl (C=O) groups excluding carboxylic acids is 1. The summed E-state index contributed by atoms with van der Waals surface area (Å²) in [5, 5.41) is 0. The van der Waals surface area contributed by atoms with E-state index in [0.717, 1.165) is 0 Å². The molecule has 0 aliphatic carbocycles. The van der Waals surface area contributed by atoms with E-state index in [0.29, 0.717) is 17.9 Å². The monoisotopic (exact) mass is 206 g/mol. The van der Waals surface area contributed by atoms with E-state index in [4.69, 9.17) is 9.47 Å². The summed E-state index contributed by atoms with van der Waals surface area (Å²) in [5.74, 6) is 0.430. The zero-order chi connectivity index (χ0) is 11.3. The van der Waals surface area contributed by atoms with E-state index in [2.05, 4.69) is 6.58 Å². The molecule has 0 aromatic heterocycles. The molecule has 0 bridgehead atoms. The number of para-hydroxylation sites is 1. The zero-order valence-electron chi connectivity index (χ0n) is 8.95. The van der Waals surface area contributed by atoms with Crippen molar-refractivity contribution in [2.45, 2.75) is 6.92 Å². The summed E-state index contributed by atoms with van der Waals surface area (Å²) in [5.41, 5.74) is 0.471. The van der Waals surface area contributed by atoms with Crippen LogP contribution >= 0.6 is 0 Å². The van der Waals surface area contributed by atoms with Gasteiger partial charge in [-0.3, -0.25) is 4.79 Å². The van der Waals surface area contributed by atoms with Crippen LogP contribution in [0.25, 0.3) is 0 Å². The summed E-state index contributed by atoms with van der Waals surface area (Å²) in [4.78, 5) is 11.8. The van der Waals surface area contributed by atoms with Crippen molar-refractivity contribution in [3.8, 4) is 5.75 Å². The molecule has 0 atom stereocenters. The van der Waals surface area contributed by atoms with Gasteiger partial charge in [-0.1, -0.05) is 18.7 Å². The minimum atomic E-state index is -0.241. The molecule has 0 saturated heterocycles. The normalized spacial score (nSPS) is 9.47. The Labute approximate surface area is 89.3 Å². The van der Waals surface area contributed by atoms with Gasteiger partial charge in [0.1, 0.15) is 5.75 Å². The summed E-state index contributed by atoms with van der Waals surface area (Å²) in [6, 6.07) is 6.99. The third-order valence-corrected chi connectivity index (χ3v) is 1.92. The van der Waals surface area contributed by atoms with E-state index in [1.807, 2.05) is 0 Å². The van der Waals surface area contributed by atoms with Crippen LogP contribution in [0.15, 0.2) is 36.6 Å². The second kappa shape index (κ2) is 5.20. The maximum atomic E-state index is 11.8. The SMILES string of the molecule is C=C(OCC)C(=O)c1ccccc1OC. The third kappa shape index (κ3) is 2.59. The van der Waals surface area contributed by atoms with Crippen LogP contribution in [-0.2, 0) is 4.74 Å². The van der Waals surface area contributed by atoms with E-state index < -0.39 is 0 Å². The minimum Gasteiger partial charge on any atom is -0.496 e. The van der Waals surface area contributed by atoms with Crippen molar-refractivity contribution in [1.82, 2.24) is 0 Å². The predicted octanol–water partition coefficient (Wildman–Crippen LogP) is 2.43. The smallest absolute Gasteiger partial charge is 0.230 e. The highest BCUT2D eigenvalue weighted by Crippen LogP contribution is 2.20. The molecule has 1 aromatic rings. The summed E-state index contributed by atoms with van der Waals surface area (Å²) in [6.07, 6.45) is 0. The van der Waals surface area contributed by atoms with Gasteiger partial charge in [0.15, 0.2) is 5.76 Å². The lowest BCUT2D eigenvalue weighted by atomic mass is 10.1. The molecule has 1 rings (SSSR count). The van der Waals surface area contributed by atoms with Crippen molar-refractivity contribution in [1.29, 1.82) is 0 Å². The Kier molecular flexibility index (Phi) is 3.92. The molecule has 0 spiro atoms. The van der Waals surface area contributed by atoms with E-state index >= 15 is 0 Å². The number of methoxy groups -OCH3 is 1. The summed E-state index contributed by atoms with van der Waals surface area (Å²) < 4.78 is 10.1. The lowest BCUT2D eigenvalue weighted by molar-refractivity contribution is 0.0926. The lowest BCUT2D eigenvalue weighted by Gasteiger charge is -2.09. The van der Waals surface area contributed by atoms with E-state index in [9.17, 15) is 4.79 Å². The van der Waals surface area contributed by atoms with Gasteiger partial charge < -0.3 is 9.47 Å². The summed E-state index contributed by atoms with van der Waals surface area (Å²) >= 11 is 0. The van der Waals surface area contributed by atoms with Crippen LogP contribution in [0.1, 0.15) is 17.3 Å². The van der Waals surface area contributed by atoms with Crippen molar-refractivity contribution in [3.05, 3.63) is 42.2 Å². The van der Waals surface area contributed by atoms with Gasteiger partial charge in [-0.25, -0.2) is 0 Å². The first-order valence-electron chi connectivity index (χ1n) is 4.70. The molecule has 1 aromatic carbocycles. The number of allylic oxidation sites excluding steroid dienone is 1. The van der Waals surface area contributed by atoms with E-state index in [-0.39, 0.29) is 11.5 Å². The molecule has 0 amide bonds. The highest BCUT2D eigenvalue weighted by atomic mass is 16.5. The van der Waals surface area contributed by atoms with Crippen molar-refractivity contribution in [3.63, 3.8) is 0 Å². The van der Waals surface area contributed by atoms with Gasteiger partial charge in [0.2, 0.25) is 5.78 Å². The van der Waals surface area contributed by atoms with Crippen LogP contribution in [0.4, 0.5) is 0 Å². The molecule has 80 valence electrons. The van der Waals surface area contributed by atoms with Crippen molar-refractivity contribution in [2.24, 2.45) is 0 Å². The minimum absolute atomic E-state index is 0.141. The highest BCUT2D eigenvalue weighted by Gasteiger charge is 2.15. The van der Waals surface area contributed by atoms with Crippen molar-refractivity contribution < 1.29 is 14.3 Å². The Bertz CT molecular complexity index is 369. The first-order valence-corrected chi connectivity index (χ1v) is 4.70. The predicted molar refractivity (Wildman–Crippen MR) is 58.1 cm³/mol. The van der Waals surface area contributed by atoms with Gasteiger partial charge in [0.05, 0.1) is 19.3 Å².